The van der Waals surface area contributed by atoms with Crippen molar-refractivity contribution in [3.8, 4) is 17.2 Å². The lowest BCUT2D eigenvalue weighted by atomic mass is 10.2. The molecule has 2 aromatic carbocycles. The molecule has 28 heavy (non-hydrogen) atoms. The van der Waals surface area contributed by atoms with E-state index < -0.39 is 6.10 Å². The summed E-state index contributed by atoms with van der Waals surface area (Å²) in [7, 11) is 1.55. The number of hydrogen-bond donors (Lipinski definition) is 1. The van der Waals surface area contributed by atoms with Crippen LogP contribution in [0.4, 0.5) is 5.69 Å². The van der Waals surface area contributed by atoms with Gasteiger partial charge in [0.05, 0.1) is 18.6 Å². The van der Waals surface area contributed by atoms with Crippen LogP contribution >= 0.6 is 11.8 Å². The molecule has 1 amide bonds. The van der Waals surface area contributed by atoms with Gasteiger partial charge in [0, 0.05) is 0 Å². The first-order valence-corrected chi connectivity index (χ1v) is 9.49. The number of anilines is 1. The van der Waals surface area contributed by atoms with Gasteiger partial charge in [0.25, 0.3) is 11.1 Å². The highest BCUT2D eigenvalue weighted by atomic mass is 32.2. The van der Waals surface area contributed by atoms with Crippen molar-refractivity contribution in [1.82, 2.24) is 10.2 Å². The Morgan fingerprint density at radius 1 is 1.18 bits per heavy atom. The number of fused-ring (bicyclic) bond motifs is 1. The fourth-order valence-electron chi connectivity index (χ4n) is 2.61. The maximum Gasteiger partial charge on any atom is 0.277 e. The Bertz CT molecular complexity index is 977. The number of carbonyl (C=O) groups is 1. The zero-order valence-electron chi connectivity index (χ0n) is 15.0. The Balaban J connectivity index is 1.33. The molecule has 0 unspecified atom stereocenters. The highest BCUT2D eigenvalue weighted by Crippen LogP contribution is 2.36. The maximum absolute atomic E-state index is 12.2. The lowest BCUT2D eigenvalue weighted by Gasteiger charge is -2.23. The number of hydrogen-bond acceptors (Lipinski definition) is 8. The molecule has 1 atom stereocenters. The number of para-hydroxylation sites is 4. The predicted molar refractivity (Wildman–Crippen MR) is 102 cm³/mol. The highest BCUT2D eigenvalue weighted by Gasteiger charge is 2.27. The topological polar surface area (TPSA) is 95.7 Å². The van der Waals surface area contributed by atoms with Crippen molar-refractivity contribution in [2.75, 3.05) is 24.8 Å². The highest BCUT2D eigenvalue weighted by molar-refractivity contribution is 7.99. The molecule has 144 valence electrons. The summed E-state index contributed by atoms with van der Waals surface area (Å²) >= 11 is 1.14. The van der Waals surface area contributed by atoms with Gasteiger partial charge in [-0.2, -0.15) is 0 Å². The van der Waals surface area contributed by atoms with Crippen LogP contribution < -0.4 is 19.5 Å². The van der Waals surface area contributed by atoms with Crippen LogP contribution in [0.2, 0.25) is 0 Å². The number of methoxy groups -OCH3 is 1. The monoisotopic (exact) mass is 399 g/mol. The molecule has 2 heterocycles. The van der Waals surface area contributed by atoms with Gasteiger partial charge in [0.1, 0.15) is 12.4 Å². The van der Waals surface area contributed by atoms with Gasteiger partial charge in [-0.25, -0.2) is 0 Å². The number of benzene rings is 2. The molecule has 0 aliphatic carbocycles. The van der Waals surface area contributed by atoms with Gasteiger partial charge < -0.3 is 23.9 Å². The second kappa shape index (κ2) is 8.22. The van der Waals surface area contributed by atoms with E-state index in [2.05, 4.69) is 15.5 Å². The maximum atomic E-state index is 12.2. The molecule has 8 nitrogen and oxygen atoms in total. The molecule has 0 radical (unpaired) electrons. The minimum Gasteiger partial charge on any atom is -0.495 e. The zero-order valence-corrected chi connectivity index (χ0v) is 15.8. The second-order valence-electron chi connectivity index (χ2n) is 5.81. The minimum absolute atomic E-state index is 0.116. The first-order valence-electron chi connectivity index (χ1n) is 8.50. The molecule has 0 spiro atoms. The zero-order chi connectivity index (χ0) is 19.3. The third-order valence-corrected chi connectivity index (χ3v) is 4.73. The summed E-state index contributed by atoms with van der Waals surface area (Å²) in [6.07, 6.45) is -0.487. The molecule has 0 fully saturated rings. The number of aromatic nitrogens is 2. The molecule has 1 aromatic heterocycles. The first kappa shape index (κ1) is 18.2. The van der Waals surface area contributed by atoms with Gasteiger partial charge in [0.15, 0.2) is 11.5 Å². The number of thioether (sulfide) groups is 1. The molecular formula is C19H17N3O5S. The van der Waals surface area contributed by atoms with Crippen molar-refractivity contribution < 1.29 is 23.4 Å². The normalized spacial score (nSPS) is 15.1. The van der Waals surface area contributed by atoms with E-state index in [-0.39, 0.29) is 23.5 Å². The summed E-state index contributed by atoms with van der Waals surface area (Å²) in [6, 6.07) is 14.6. The predicted octanol–water partition coefficient (Wildman–Crippen LogP) is 3.32. The largest absolute Gasteiger partial charge is 0.495 e. The van der Waals surface area contributed by atoms with Crippen LogP contribution in [-0.2, 0) is 4.79 Å². The van der Waals surface area contributed by atoms with Crippen LogP contribution in [0.3, 0.4) is 0 Å². The number of amides is 1. The Kier molecular flexibility index (Phi) is 5.34. The summed E-state index contributed by atoms with van der Waals surface area (Å²) in [5.41, 5.74) is 0.605. The van der Waals surface area contributed by atoms with E-state index in [1.165, 1.54) is 0 Å². The van der Waals surface area contributed by atoms with E-state index in [0.717, 1.165) is 11.8 Å². The van der Waals surface area contributed by atoms with Crippen LogP contribution in [0.1, 0.15) is 12.0 Å². The van der Waals surface area contributed by atoms with Gasteiger partial charge in [-0.1, -0.05) is 36.0 Å². The van der Waals surface area contributed by atoms with Crippen molar-refractivity contribution in [3.05, 3.63) is 54.4 Å². The van der Waals surface area contributed by atoms with Crippen LogP contribution in [0.5, 0.6) is 17.2 Å². The van der Waals surface area contributed by atoms with Crippen molar-refractivity contribution in [3.63, 3.8) is 0 Å². The van der Waals surface area contributed by atoms with E-state index in [4.69, 9.17) is 18.6 Å². The lowest BCUT2D eigenvalue weighted by Crippen LogP contribution is -2.21. The van der Waals surface area contributed by atoms with Gasteiger partial charge in [-0.3, -0.25) is 4.79 Å². The summed E-state index contributed by atoms with van der Waals surface area (Å²) in [4.78, 5) is 12.2. The molecule has 9 heteroatoms. The molecule has 4 rings (SSSR count). The number of nitrogens with one attached hydrogen (secondary N) is 1. The Morgan fingerprint density at radius 3 is 2.82 bits per heavy atom. The van der Waals surface area contributed by atoms with Gasteiger partial charge in [0.2, 0.25) is 12.0 Å². The molecule has 0 bridgehead atoms. The summed E-state index contributed by atoms with van der Waals surface area (Å²) in [6.45, 7) is 0.275. The first-order chi connectivity index (χ1) is 13.7. The second-order valence-corrected chi connectivity index (χ2v) is 6.73. The van der Waals surface area contributed by atoms with Crippen LogP contribution in [0.25, 0.3) is 0 Å². The summed E-state index contributed by atoms with van der Waals surface area (Å²) in [5.74, 6) is 2.12. The van der Waals surface area contributed by atoms with Crippen LogP contribution in [-0.4, -0.2) is 35.6 Å². The van der Waals surface area contributed by atoms with E-state index in [1.54, 1.807) is 19.2 Å². The van der Waals surface area contributed by atoms with E-state index >= 15 is 0 Å². The average Bonchev–Trinajstić information content (AvgIpc) is 3.21. The number of rotatable bonds is 6. The Hall–Kier alpha value is -3.20. The van der Waals surface area contributed by atoms with Gasteiger partial charge >= 0.3 is 0 Å². The van der Waals surface area contributed by atoms with Gasteiger partial charge in [-0.15, -0.1) is 10.2 Å². The summed E-state index contributed by atoms with van der Waals surface area (Å²) < 4.78 is 22.3. The Labute approximate surface area is 165 Å². The van der Waals surface area contributed by atoms with Crippen molar-refractivity contribution in [2.45, 2.75) is 11.3 Å². The number of carbonyl (C=O) groups excluding carboxylic acids is 1. The molecule has 1 N–H and O–H groups in total. The molecule has 0 saturated heterocycles. The molecule has 0 saturated carbocycles. The SMILES string of the molecule is COc1ccccc1NC(=O)CSc1nnc([C@H]2COc3ccccc3O2)o1. The smallest absolute Gasteiger partial charge is 0.277 e. The van der Waals surface area contributed by atoms with Gasteiger partial charge in [-0.05, 0) is 24.3 Å². The minimum atomic E-state index is -0.487. The van der Waals surface area contributed by atoms with E-state index in [1.807, 2.05) is 36.4 Å². The third-order valence-electron chi connectivity index (χ3n) is 3.91. The standard InChI is InChI=1S/C19H17N3O5S/c1-24-13-7-3-2-6-12(13)20-17(23)11-28-19-22-21-18(27-19)16-10-25-14-8-4-5-9-15(14)26-16/h2-9,16H,10-11H2,1H3,(H,20,23)/t16-/m1/s1. The molecular weight excluding hydrogens is 382 g/mol. The average molecular weight is 399 g/mol. The molecule has 1 aliphatic heterocycles. The van der Waals surface area contributed by atoms with E-state index in [0.29, 0.717) is 28.8 Å². The number of ether oxygens (including phenoxy) is 3. The van der Waals surface area contributed by atoms with Crippen molar-refractivity contribution in [2.24, 2.45) is 0 Å². The van der Waals surface area contributed by atoms with E-state index in [9.17, 15) is 4.79 Å². The van der Waals surface area contributed by atoms with Crippen LogP contribution in [0, 0.1) is 0 Å². The van der Waals surface area contributed by atoms with Crippen molar-refractivity contribution >= 4 is 23.4 Å². The quantitative estimate of drug-likeness (QED) is 0.631. The Morgan fingerprint density at radius 2 is 1.96 bits per heavy atom. The summed E-state index contributed by atoms with van der Waals surface area (Å²) in [5, 5.41) is 11.1. The third kappa shape index (κ3) is 4.04. The van der Waals surface area contributed by atoms with Crippen LogP contribution in [0.15, 0.2) is 58.2 Å². The van der Waals surface area contributed by atoms with Crippen molar-refractivity contribution in [1.29, 1.82) is 0 Å². The fraction of sp³-hybridized carbons (Fsp3) is 0.211. The fourth-order valence-corrected chi connectivity index (χ4v) is 3.18. The molecule has 3 aromatic rings. The lowest BCUT2D eigenvalue weighted by molar-refractivity contribution is -0.113. The number of nitrogens with zero attached hydrogens (tertiary/aromatic N) is 2. The molecule has 1 aliphatic rings.